The second-order valence-electron chi connectivity index (χ2n) is 2.66. The van der Waals surface area contributed by atoms with Gasteiger partial charge in [-0.1, -0.05) is 6.58 Å². The van der Waals surface area contributed by atoms with Crippen LogP contribution in [-0.2, 0) is 9.59 Å². The van der Waals surface area contributed by atoms with E-state index in [2.05, 4.69) is 6.58 Å². The quantitative estimate of drug-likeness (QED) is 0.648. The molecular weight excluding hydrogens is 190 g/mol. The van der Waals surface area contributed by atoms with E-state index in [4.69, 9.17) is 5.11 Å². The maximum absolute atomic E-state index is 11.2. The molecule has 13 heavy (non-hydrogen) atoms. The van der Waals surface area contributed by atoms with Gasteiger partial charge >= 0.3 is 5.97 Å². The molecule has 1 atom stereocenters. The number of nitrogens with zero attached hydrogens (tertiary/aromatic N) is 1. The number of carboxylic acid groups (broad SMARTS) is 1. The van der Waals surface area contributed by atoms with E-state index in [0.717, 1.165) is 11.8 Å². The first-order chi connectivity index (χ1) is 6.16. The molecule has 1 heterocycles. The maximum atomic E-state index is 11.2. The van der Waals surface area contributed by atoms with Crippen molar-refractivity contribution in [2.75, 3.05) is 18.1 Å². The Labute approximate surface area is 80.6 Å². The van der Waals surface area contributed by atoms with Crippen molar-refractivity contribution >= 4 is 23.6 Å². The monoisotopic (exact) mass is 201 g/mol. The van der Waals surface area contributed by atoms with Gasteiger partial charge in [0, 0.05) is 18.1 Å². The molecule has 1 fully saturated rings. The molecule has 1 aliphatic heterocycles. The van der Waals surface area contributed by atoms with Crippen molar-refractivity contribution in [1.29, 1.82) is 0 Å². The minimum absolute atomic E-state index is 0.298. The number of hydrogen-bond donors (Lipinski definition) is 1. The summed E-state index contributed by atoms with van der Waals surface area (Å²) in [5, 5.41) is 8.81. The summed E-state index contributed by atoms with van der Waals surface area (Å²) in [6, 6.07) is -0.691. The Morgan fingerprint density at radius 3 is 2.85 bits per heavy atom. The summed E-state index contributed by atoms with van der Waals surface area (Å²) < 4.78 is 0. The number of thioether (sulfide) groups is 1. The fourth-order valence-corrected chi connectivity index (χ4v) is 2.23. The molecule has 0 saturated carbocycles. The first-order valence-corrected chi connectivity index (χ1v) is 5.06. The summed E-state index contributed by atoms with van der Waals surface area (Å²) in [4.78, 5) is 23.3. The van der Waals surface area contributed by atoms with Gasteiger partial charge < -0.3 is 10.0 Å². The van der Waals surface area contributed by atoms with Crippen molar-refractivity contribution < 1.29 is 14.7 Å². The normalized spacial score (nSPS) is 22.5. The lowest BCUT2D eigenvalue weighted by atomic mass is 10.2. The molecule has 1 rings (SSSR count). The standard InChI is InChI=1S/C8H11NO3S/c1-2-7(10)9-3-4-13-5-6(9)8(11)12/h2,6H,1,3-5H2,(H,11,12). The largest absolute Gasteiger partial charge is 0.480 e. The molecule has 1 saturated heterocycles. The average Bonchev–Trinajstić information content (AvgIpc) is 2.16. The number of hydrogen-bond acceptors (Lipinski definition) is 3. The van der Waals surface area contributed by atoms with Crippen molar-refractivity contribution in [2.45, 2.75) is 6.04 Å². The molecule has 1 amide bonds. The highest BCUT2D eigenvalue weighted by Crippen LogP contribution is 2.16. The van der Waals surface area contributed by atoms with E-state index >= 15 is 0 Å². The van der Waals surface area contributed by atoms with Crippen molar-refractivity contribution in [1.82, 2.24) is 4.90 Å². The zero-order chi connectivity index (χ0) is 9.84. The Balaban J connectivity index is 2.72. The number of carbonyl (C=O) groups excluding carboxylic acids is 1. The molecule has 0 bridgehead atoms. The molecule has 72 valence electrons. The fraction of sp³-hybridized carbons (Fsp3) is 0.500. The van der Waals surface area contributed by atoms with Gasteiger partial charge in [-0.3, -0.25) is 4.79 Å². The van der Waals surface area contributed by atoms with Crippen LogP contribution in [0.4, 0.5) is 0 Å². The van der Waals surface area contributed by atoms with Crippen LogP contribution in [0.15, 0.2) is 12.7 Å². The zero-order valence-electron chi connectivity index (χ0n) is 7.10. The number of amides is 1. The SMILES string of the molecule is C=CC(=O)N1CCSCC1C(=O)O. The summed E-state index contributed by atoms with van der Waals surface area (Å²) in [5.74, 6) is 0.0215. The lowest BCUT2D eigenvalue weighted by Crippen LogP contribution is -2.49. The van der Waals surface area contributed by atoms with E-state index in [-0.39, 0.29) is 5.91 Å². The summed E-state index contributed by atoms with van der Waals surface area (Å²) in [6.07, 6.45) is 1.16. The minimum atomic E-state index is -0.942. The van der Waals surface area contributed by atoms with Gasteiger partial charge in [0.15, 0.2) is 0 Å². The van der Waals surface area contributed by atoms with Crippen LogP contribution in [0, 0.1) is 0 Å². The predicted molar refractivity (Wildman–Crippen MR) is 50.7 cm³/mol. The van der Waals surface area contributed by atoms with Crippen molar-refractivity contribution in [2.24, 2.45) is 0 Å². The van der Waals surface area contributed by atoms with Crippen LogP contribution in [0.3, 0.4) is 0 Å². The zero-order valence-corrected chi connectivity index (χ0v) is 7.92. The highest BCUT2D eigenvalue weighted by atomic mass is 32.2. The summed E-state index contributed by atoms with van der Waals surface area (Å²) >= 11 is 1.55. The van der Waals surface area contributed by atoms with Gasteiger partial charge in [-0.25, -0.2) is 4.79 Å². The fourth-order valence-electron chi connectivity index (χ4n) is 1.19. The van der Waals surface area contributed by atoms with Crippen LogP contribution in [0.2, 0.25) is 0 Å². The van der Waals surface area contributed by atoms with Gasteiger partial charge in [-0.05, 0) is 6.08 Å². The van der Waals surface area contributed by atoms with E-state index in [9.17, 15) is 9.59 Å². The van der Waals surface area contributed by atoms with Crippen molar-refractivity contribution in [3.63, 3.8) is 0 Å². The molecule has 1 N–H and O–H groups in total. The summed E-state index contributed by atoms with van der Waals surface area (Å²) in [5.41, 5.74) is 0. The first kappa shape index (κ1) is 10.1. The minimum Gasteiger partial charge on any atom is -0.480 e. The van der Waals surface area contributed by atoms with E-state index < -0.39 is 12.0 Å². The first-order valence-electron chi connectivity index (χ1n) is 3.90. The second kappa shape index (κ2) is 4.32. The molecule has 4 nitrogen and oxygen atoms in total. The van der Waals surface area contributed by atoms with E-state index in [1.54, 1.807) is 11.8 Å². The lowest BCUT2D eigenvalue weighted by molar-refractivity contribution is -0.147. The van der Waals surface area contributed by atoms with Crippen LogP contribution in [-0.4, -0.2) is 46.0 Å². The van der Waals surface area contributed by atoms with Gasteiger partial charge in [-0.2, -0.15) is 11.8 Å². The van der Waals surface area contributed by atoms with Crippen LogP contribution in [0.25, 0.3) is 0 Å². The van der Waals surface area contributed by atoms with E-state index in [0.29, 0.717) is 12.3 Å². The maximum Gasteiger partial charge on any atom is 0.327 e. The number of rotatable bonds is 2. The van der Waals surface area contributed by atoms with Crippen LogP contribution < -0.4 is 0 Å². The molecule has 1 aliphatic rings. The molecule has 0 spiro atoms. The smallest absolute Gasteiger partial charge is 0.327 e. The lowest BCUT2D eigenvalue weighted by Gasteiger charge is -2.31. The molecular formula is C8H11NO3S. The summed E-state index contributed by atoms with van der Waals surface area (Å²) in [7, 11) is 0. The molecule has 0 aromatic rings. The molecule has 5 heteroatoms. The Bertz CT molecular complexity index is 242. The Kier molecular flexibility index (Phi) is 3.36. The summed E-state index contributed by atoms with van der Waals surface area (Å²) in [6.45, 7) is 3.83. The van der Waals surface area contributed by atoms with E-state index in [1.165, 1.54) is 4.90 Å². The second-order valence-corrected chi connectivity index (χ2v) is 3.81. The Morgan fingerprint density at radius 1 is 1.62 bits per heavy atom. The number of carbonyl (C=O) groups is 2. The number of aliphatic carboxylic acids is 1. The highest BCUT2D eigenvalue weighted by Gasteiger charge is 2.30. The van der Waals surface area contributed by atoms with Crippen molar-refractivity contribution in [3.8, 4) is 0 Å². The third-order valence-corrected chi connectivity index (χ3v) is 2.89. The van der Waals surface area contributed by atoms with Gasteiger partial charge in [0.2, 0.25) is 5.91 Å². The van der Waals surface area contributed by atoms with Crippen LogP contribution in [0.1, 0.15) is 0 Å². The molecule has 0 aromatic heterocycles. The topological polar surface area (TPSA) is 57.6 Å². The van der Waals surface area contributed by atoms with Gasteiger partial charge in [-0.15, -0.1) is 0 Å². The molecule has 0 radical (unpaired) electrons. The third kappa shape index (κ3) is 2.24. The van der Waals surface area contributed by atoms with Gasteiger partial charge in [0.05, 0.1) is 0 Å². The average molecular weight is 201 g/mol. The molecule has 1 unspecified atom stereocenters. The Morgan fingerprint density at radius 2 is 2.31 bits per heavy atom. The molecule has 0 aromatic carbocycles. The Hall–Kier alpha value is -0.970. The highest BCUT2D eigenvalue weighted by molar-refractivity contribution is 7.99. The predicted octanol–water partition coefficient (Wildman–Crippen LogP) is 0.201. The van der Waals surface area contributed by atoms with Gasteiger partial charge in [0.1, 0.15) is 6.04 Å². The third-order valence-electron chi connectivity index (χ3n) is 1.87. The number of carboxylic acids is 1. The van der Waals surface area contributed by atoms with Crippen molar-refractivity contribution in [3.05, 3.63) is 12.7 Å². The van der Waals surface area contributed by atoms with Gasteiger partial charge in [0.25, 0.3) is 0 Å². The van der Waals surface area contributed by atoms with E-state index in [1.807, 2.05) is 0 Å². The van der Waals surface area contributed by atoms with Crippen LogP contribution in [0.5, 0.6) is 0 Å². The van der Waals surface area contributed by atoms with Crippen LogP contribution >= 0.6 is 11.8 Å². The molecule has 0 aliphatic carbocycles.